The van der Waals surface area contributed by atoms with Crippen LogP contribution < -0.4 is 5.73 Å². The zero-order valence-electron chi connectivity index (χ0n) is 7.04. The van der Waals surface area contributed by atoms with Gasteiger partial charge in [0.2, 0.25) is 0 Å². The maximum Gasteiger partial charge on any atom is 0.354 e. The second-order valence-electron chi connectivity index (χ2n) is 2.57. The Hall–Kier alpha value is -1.95. The fourth-order valence-electron chi connectivity index (χ4n) is 0.870. The molecule has 1 rings (SSSR count). The zero-order valence-corrected chi connectivity index (χ0v) is 7.04. The molecule has 1 heterocycles. The monoisotopic (exact) mass is 196 g/mol. The largest absolute Gasteiger partial charge is 0.480 e. The molecule has 0 spiro atoms. The summed E-state index contributed by atoms with van der Waals surface area (Å²) in [5.74, 6) is -2.47. The topological polar surface area (TPSA) is 114 Å². The molecule has 0 aromatic carbocycles. The van der Waals surface area contributed by atoms with E-state index in [-0.39, 0.29) is 11.4 Å². The van der Waals surface area contributed by atoms with E-state index in [1.165, 1.54) is 18.2 Å². The molecule has 0 amide bonds. The third-order valence-electron chi connectivity index (χ3n) is 1.57. The van der Waals surface area contributed by atoms with Gasteiger partial charge in [-0.05, 0) is 12.1 Å². The van der Waals surface area contributed by atoms with Crippen molar-refractivity contribution in [3.05, 3.63) is 29.6 Å². The van der Waals surface area contributed by atoms with Crippen LogP contribution in [0.15, 0.2) is 18.2 Å². The Balaban J connectivity index is 3.05. The molecule has 0 aliphatic carbocycles. The van der Waals surface area contributed by atoms with Gasteiger partial charge in [0.25, 0.3) is 0 Å². The number of carboxylic acid groups (broad SMARTS) is 2. The van der Waals surface area contributed by atoms with Gasteiger partial charge in [-0.25, -0.2) is 9.78 Å². The van der Waals surface area contributed by atoms with Crippen LogP contribution in [0.5, 0.6) is 0 Å². The van der Waals surface area contributed by atoms with Crippen molar-refractivity contribution in [2.75, 3.05) is 0 Å². The molecule has 4 N–H and O–H groups in total. The first-order valence-electron chi connectivity index (χ1n) is 3.71. The molecular weight excluding hydrogens is 188 g/mol. The average Bonchev–Trinajstić information content (AvgIpc) is 2.16. The van der Waals surface area contributed by atoms with Gasteiger partial charge in [-0.3, -0.25) is 4.79 Å². The molecule has 1 atom stereocenters. The highest BCUT2D eigenvalue weighted by atomic mass is 16.4. The Morgan fingerprint density at radius 2 is 2.00 bits per heavy atom. The van der Waals surface area contributed by atoms with Crippen LogP contribution in [0, 0.1) is 0 Å². The van der Waals surface area contributed by atoms with Crippen molar-refractivity contribution in [3.8, 4) is 0 Å². The van der Waals surface area contributed by atoms with Crippen molar-refractivity contribution in [2.45, 2.75) is 6.04 Å². The number of hydrogen-bond acceptors (Lipinski definition) is 4. The highest BCUT2D eigenvalue weighted by molar-refractivity contribution is 5.85. The third kappa shape index (κ3) is 2.05. The number of nitrogens with two attached hydrogens (primary N) is 1. The van der Waals surface area contributed by atoms with Gasteiger partial charge in [-0.1, -0.05) is 6.07 Å². The Labute approximate surface area is 79.0 Å². The molecule has 0 aliphatic heterocycles. The molecule has 1 aromatic heterocycles. The van der Waals surface area contributed by atoms with Gasteiger partial charge in [0.1, 0.15) is 11.7 Å². The summed E-state index contributed by atoms with van der Waals surface area (Å²) in [5.41, 5.74) is 5.05. The van der Waals surface area contributed by atoms with Gasteiger partial charge in [-0.15, -0.1) is 0 Å². The average molecular weight is 196 g/mol. The second-order valence-corrected chi connectivity index (χ2v) is 2.57. The third-order valence-corrected chi connectivity index (χ3v) is 1.57. The predicted molar refractivity (Wildman–Crippen MR) is 45.8 cm³/mol. The molecule has 14 heavy (non-hydrogen) atoms. The lowest BCUT2D eigenvalue weighted by molar-refractivity contribution is -0.138. The van der Waals surface area contributed by atoms with Crippen LogP contribution in [0.3, 0.4) is 0 Å². The zero-order chi connectivity index (χ0) is 10.7. The Bertz CT molecular complexity index is 377. The van der Waals surface area contributed by atoms with Gasteiger partial charge in [0, 0.05) is 0 Å². The molecular formula is C8H8N2O4. The maximum atomic E-state index is 10.5. The van der Waals surface area contributed by atoms with Crippen LogP contribution >= 0.6 is 0 Å². The number of pyridine rings is 1. The van der Waals surface area contributed by atoms with Gasteiger partial charge >= 0.3 is 11.9 Å². The van der Waals surface area contributed by atoms with E-state index in [0.29, 0.717) is 0 Å². The number of rotatable bonds is 3. The van der Waals surface area contributed by atoms with E-state index in [9.17, 15) is 9.59 Å². The van der Waals surface area contributed by atoms with Crippen molar-refractivity contribution < 1.29 is 19.8 Å². The van der Waals surface area contributed by atoms with E-state index in [2.05, 4.69) is 4.98 Å². The van der Waals surface area contributed by atoms with Crippen LogP contribution in [0.2, 0.25) is 0 Å². The lowest BCUT2D eigenvalue weighted by Crippen LogP contribution is -2.22. The SMILES string of the molecule is NC(C(=O)O)c1cccc(C(=O)O)n1. The molecule has 0 saturated heterocycles. The minimum atomic E-state index is -1.30. The summed E-state index contributed by atoms with van der Waals surface area (Å²) in [6.07, 6.45) is 0. The van der Waals surface area contributed by atoms with Crippen molar-refractivity contribution in [2.24, 2.45) is 5.73 Å². The molecule has 0 aliphatic rings. The number of carbonyl (C=O) groups is 2. The summed E-state index contributed by atoms with van der Waals surface area (Å²) in [6, 6.07) is 2.73. The van der Waals surface area contributed by atoms with Crippen molar-refractivity contribution in [3.63, 3.8) is 0 Å². The van der Waals surface area contributed by atoms with E-state index < -0.39 is 18.0 Å². The molecule has 0 bridgehead atoms. The smallest absolute Gasteiger partial charge is 0.354 e. The molecule has 74 valence electrons. The summed E-state index contributed by atoms with van der Waals surface area (Å²) < 4.78 is 0. The molecule has 0 saturated carbocycles. The van der Waals surface area contributed by atoms with Crippen molar-refractivity contribution in [1.29, 1.82) is 0 Å². The summed E-state index contributed by atoms with van der Waals surface area (Å²) in [4.78, 5) is 24.6. The van der Waals surface area contributed by atoms with E-state index in [1.807, 2.05) is 0 Å². The maximum absolute atomic E-state index is 10.5. The predicted octanol–water partition coefficient (Wildman–Crippen LogP) is -0.136. The Morgan fingerprint density at radius 1 is 1.36 bits per heavy atom. The minimum Gasteiger partial charge on any atom is -0.480 e. The molecule has 6 heteroatoms. The standard InChI is InChI=1S/C8H8N2O4/c9-6(8(13)14)4-2-1-3-5(10-4)7(11)12/h1-3,6H,9H2,(H,11,12)(H,13,14). The highest BCUT2D eigenvalue weighted by Crippen LogP contribution is 2.08. The second kappa shape index (κ2) is 3.84. The fourth-order valence-corrected chi connectivity index (χ4v) is 0.870. The van der Waals surface area contributed by atoms with Crippen LogP contribution in [-0.2, 0) is 4.79 Å². The van der Waals surface area contributed by atoms with Crippen LogP contribution in [0.1, 0.15) is 22.2 Å². The normalized spacial score (nSPS) is 12.1. The summed E-state index contributed by atoms with van der Waals surface area (Å²) in [5, 5.41) is 17.1. The molecule has 6 nitrogen and oxygen atoms in total. The lowest BCUT2D eigenvalue weighted by atomic mass is 10.2. The van der Waals surface area contributed by atoms with Gasteiger partial charge in [0.15, 0.2) is 0 Å². The van der Waals surface area contributed by atoms with E-state index in [0.717, 1.165) is 0 Å². The number of carboxylic acids is 2. The molecule has 0 radical (unpaired) electrons. The molecule has 1 aromatic rings. The van der Waals surface area contributed by atoms with Gasteiger partial charge in [0.05, 0.1) is 5.69 Å². The minimum absolute atomic E-state index is 0.0254. The quantitative estimate of drug-likeness (QED) is 0.620. The number of nitrogens with zero attached hydrogens (tertiary/aromatic N) is 1. The van der Waals surface area contributed by atoms with E-state index >= 15 is 0 Å². The molecule has 1 unspecified atom stereocenters. The number of aliphatic carboxylic acids is 1. The van der Waals surface area contributed by atoms with Crippen molar-refractivity contribution in [1.82, 2.24) is 4.98 Å². The molecule has 0 fully saturated rings. The Kier molecular flexibility index (Phi) is 2.78. The Morgan fingerprint density at radius 3 is 2.50 bits per heavy atom. The van der Waals surface area contributed by atoms with Crippen LogP contribution in [0.25, 0.3) is 0 Å². The summed E-state index contributed by atoms with van der Waals surface area (Å²) in [7, 11) is 0. The summed E-state index contributed by atoms with van der Waals surface area (Å²) in [6.45, 7) is 0. The van der Waals surface area contributed by atoms with Crippen molar-refractivity contribution >= 4 is 11.9 Å². The van der Waals surface area contributed by atoms with Gasteiger partial charge < -0.3 is 15.9 Å². The lowest BCUT2D eigenvalue weighted by Gasteiger charge is -2.05. The number of hydrogen-bond donors (Lipinski definition) is 3. The fraction of sp³-hybridized carbons (Fsp3) is 0.125. The first-order valence-corrected chi connectivity index (χ1v) is 3.71. The summed E-state index contributed by atoms with van der Waals surface area (Å²) >= 11 is 0. The number of aromatic carboxylic acids is 1. The van der Waals surface area contributed by atoms with E-state index in [1.54, 1.807) is 0 Å². The first kappa shape index (κ1) is 10.1. The van der Waals surface area contributed by atoms with E-state index in [4.69, 9.17) is 15.9 Å². The van der Waals surface area contributed by atoms with Crippen LogP contribution in [0.4, 0.5) is 0 Å². The van der Waals surface area contributed by atoms with Gasteiger partial charge in [-0.2, -0.15) is 0 Å². The first-order chi connectivity index (χ1) is 6.52. The van der Waals surface area contributed by atoms with Crippen LogP contribution in [-0.4, -0.2) is 27.1 Å². The number of aromatic nitrogens is 1. The highest BCUT2D eigenvalue weighted by Gasteiger charge is 2.17.